The van der Waals surface area contributed by atoms with Crippen molar-refractivity contribution in [3.05, 3.63) is 48.5 Å². The molecule has 4 heteroatoms. The van der Waals surface area contributed by atoms with Crippen molar-refractivity contribution < 1.29 is 0 Å². The van der Waals surface area contributed by atoms with Crippen molar-refractivity contribution in [1.82, 2.24) is 0 Å². The number of hydrogen-bond donors (Lipinski definition) is 4. The second kappa shape index (κ2) is 3.81. The first kappa shape index (κ1) is 11.0. The fraction of sp³-hybridized carbons (Fsp3) is 0. The molecule has 0 saturated heterocycles. The van der Waals surface area contributed by atoms with Crippen molar-refractivity contribution in [2.24, 2.45) is 0 Å². The molecular weight excluding hydrogens is 248 g/mol. The summed E-state index contributed by atoms with van der Waals surface area (Å²) in [4.78, 5) is 0. The molecule has 1 aliphatic heterocycles. The summed E-state index contributed by atoms with van der Waals surface area (Å²) in [5.74, 6) is 0. The van der Waals surface area contributed by atoms with Gasteiger partial charge in [0.2, 0.25) is 0 Å². The third kappa shape index (κ3) is 1.42. The SMILES string of the molecule is Nc1ccc2c(c1N)Nc1c(ccc3ccccc13)N2. The molecule has 0 aromatic heterocycles. The van der Waals surface area contributed by atoms with Crippen molar-refractivity contribution in [2.75, 3.05) is 22.1 Å². The number of hydrogen-bond acceptors (Lipinski definition) is 4. The third-order valence-electron chi connectivity index (χ3n) is 3.73. The van der Waals surface area contributed by atoms with Gasteiger partial charge in [0.25, 0.3) is 0 Å². The average Bonchev–Trinajstić information content (AvgIpc) is 2.49. The first-order valence-electron chi connectivity index (χ1n) is 6.48. The largest absolute Gasteiger partial charge is 0.397 e. The highest BCUT2D eigenvalue weighted by Gasteiger charge is 2.19. The van der Waals surface area contributed by atoms with Crippen LogP contribution in [0.1, 0.15) is 0 Å². The highest BCUT2D eigenvalue weighted by atomic mass is 15.1. The molecule has 3 aromatic rings. The standard InChI is InChI=1S/C16H14N4/c17-11-6-8-13-16(14(11)18)20-15-10-4-2-1-3-9(10)5-7-12(15)19-13/h1-8,19-20H,17-18H2. The Morgan fingerprint density at radius 1 is 0.700 bits per heavy atom. The molecule has 3 aromatic carbocycles. The minimum Gasteiger partial charge on any atom is -0.397 e. The van der Waals surface area contributed by atoms with Gasteiger partial charge in [-0.2, -0.15) is 0 Å². The zero-order chi connectivity index (χ0) is 13.7. The molecule has 0 saturated carbocycles. The van der Waals surface area contributed by atoms with Crippen molar-refractivity contribution in [2.45, 2.75) is 0 Å². The molecule has 98 valence electrons. The molecule has 0 aliphatic carbocycles. The van der Waals surface area contributed by atoms with Crippen LogP contribution >= 0.6 is 0 Å². The molecule has 0 radical (unpaired) electrons. The highest BCUT2D eigenvalue weighted by Crippen LogP contribution is 2.45. The van der Waals surface area contributed by atoms with E-state index in [1.54, 1.807) is 0 Å². The van der Waals surface area contributed by atoms with E-state index in [4.69, 9.17) is 11.5 Å². The smallest absolute Gasteiger partial charge is 0.0879 e. The van der Waals surface area contributed by atoms with E-state index in [0.717, 1.165) is 28.1 Å². The summed E-state index contributed by atoms with van der Waals surface area (Å²) in [6.07, 6.45) is 0. The van der Waals surface area contributed by atoms with E-state index in [1.165, 1.54) is 5.39 Å². The lowest BCUT2D eigenvalue weighted by atomic mass is 10.0. The second-order valence-corrected chi connectivity index (χ2v) is 4.95. The van der Waals surface area contributed by atoms with Gasteiger partial charge in [0.05, 0.1) is 34.1 Å². The van der Waals surface area contributed by atoms with Crippen LogP contribution in [-0.2, 0) is 0 Å². The molecule has 1 aliphatic rings. The number of nitrogen functional groups attached to an aromatic ring is 2. The summed E-state index contributed by atoms with van der Waals surface area (Å²) in [5, 5.41) is 9.17. The Labute approximate surface area is 116 Å². The van der Waals surface area contributed by atoms with Gasteiger partial charge in [-0.25, -0.2) is 0 Å². The first-order valence-corrected chi connectivity index (χ1v) is 6.48. The monoisotopic (exact) mass is 262 g/mol. The van der Waals surface area contributed by atoms with Gasteiger partial charge >= 0.3 is 0 Å². The van der Waals surface area contributed by atoms with E-state index in [-0.39, 0.29) is 0 Å². The van der Waals surface area contributed by atoms with Crippen LogP contribution < -0.4 is 22.1 Å². The van der Waals surface area contributed by atoms with E-state index in [9.17, 15) is 0 Å². The minimum atomic E-state index is 0.577. The summed E-state index contributed by atoms with van der Waals surface area (Å²) >= 11 is 0. The minimum absolute atomic E-state index is 0.577. The Hall–Kier alpha value is -2.88. The number of anilines is 6. The molecule has 0 unspecified atom stereocenters. The van der Waals surface area contributed by atoms with E-state index in [2.05, 4.69) is 34.9 Å². The maximum absolute atomic E-state index is 6.08. The number of nitrogens with one attached hydrogen (secondary N) is 2. The molecule has 4 nitrogen and oxygen atoms in total. The van der Waals surface area contributed by atoms with Crippen LogP contribution in [0.25, 0.3) is 10.8 Å². The molecule has 20 heavy (non-hydrogen) atoms. The van der Waals surface area contributed by atoms with Crippen LogP contribution in [0.3, 0.4) is 0 Å². The molecular formula is C16H14N4. The highest BCUT2D eigenvalue weighted by molar-refractivity contribution is 6.08. The van der Waals surface area contributed by atoms with Gasteiger partial charge in [-0.15, -0.1) is 0 Å². The van der Waals surface area contributed by atoms with Gasteiger partial charge in [-0.3, -0.25) is 0 Å². The maximum atomic E-state index is 6.08. The van der Waals surface area contributed by atoms with Gasteiger partial charge in [0.1, 0.15) is 0 Å². The maximum Gasteiger partial charge on any atom is 0.0879 e. The Morgan fingerprint density at radius 3 is 2.35 bits per heavy atom. The van der Waals surface area contributed by atoms with Crippen LogP contribution in [0.2, 0.25) is 0 Å². The van der Waals surface area contributed by atoms with E-state index in [0.29, 0.717) is 11.4 Å². The molecule has 0 bridgehead atoms. The topological polar surface area (TPSA) is 76.1 Å². The Kier molecular flexibility index (Phi) is 2.09. The van der Waals surface area contributed by atoms with Crippen LogP contribution in [0.15, 0.2) is 48.5 Å². The Morgan fingerprint density at radius 2 is 1.45 bits per heavy atom. The fourth-order valence-corrected chi connectivity index (χ4v) is 2.65. The third-order valence-corrected chi connectivity index (χ3v) is 3.73. The molecule has 6 N–H and O–H groups in total. The van der Waals surface area contributed by atoms with Crippen molar-refractivity contribution >= 4 is 44.9 Å². The summed E-state index contributed by atoms with van der Waals surface area (Å²) in [5.41, 5.74) is 17.0. The predicted molar refractivity (Wildman–Crippen MR) is 85.8 cm³/mol. The predicted octanol–water partition coefficient (Wildman–Crippen LogP) is 3.80. The van der Waals surface area contributed by atoms with Crippen LogP contribution in [0, 0.1) is 0 Å². The zero-order valence-corrected chi connectivity index (χ0v) is 10.8. The summed E-state index contributed by atoms with van der Waals surface area (Å²) in [6, 6.07) is 16.2. The molecule has 0 amide bonds. The van der Waals surface area contributed by atoms with Gasteiger partial charge in [0.15, 0.2) is 0 Å². The quantitative estimate of drug-likeness (QED) is 0.363. The molecule has 1 heterocycles. The lowest BCUT2D eigenvalue weighted by Gasteiger charge is -2.26. The van der Waals surface area contributed by atoms with E-state index < -0.39 is 0 Å². The van der Waals surface area contributed by atoms with Crippen LogP contribution in [0.4, 0.5) is 34.1 Å². The lowest BCUT2D eigenvalue weighted by molar-refractivity contribution is 1.47. The van der Waals surface area contributed by atoms with Crippen LogP contribution in [-0.4, -0.2) is 0 Å². The summed E-state index contributed by atoms with van der Waals surface area (Å²) < 4.78 is 0. The summed E-state index contributed by atoms with van der Waals surface area (Å²) in [6.45, 7) is 0. The fourth-order valence-electron chi connectivity index (χ4n) is 2.65. The molecule has 4 rings (SSSR count). The number of rotatable bonds is 0. The zero-order valence-electron chi connectivity index (χ0n) is 10.8. The van der Waals surface area contributed by atoms with Crippen molar-refractivity contribution in [3.63, 3.8) is 0 Å². The normalized spacial score (nSPS) is 12.2. The Bertz CT molecular complexity index is 839. The van der Waals surface area contributed by atoms with Gasteiger partial charge in [0, 0.05) is 5.39 Å². The van der Waals surface area contributed by atoms with Gasteiger partial charge in [-0.1, -0.05) is 30.3 Å². The molecule has 0 fully saturated rings. The molecule has 0 atom stereocenters. The number of fused-ring (bicyclic) bond motifs is 4. The van der Waals surface area contributed by atoms with E-state index >= 15 is 0 Å². The summed E-state index contributed by atoms with van der Waals surface area (Å²) in [7, 11) is 0. The molecule has 0 spiro atoms. The second-order valence-electron chi connectivity index (χ2n) is 4.95. The number of nitrogens with two attached hydrogens (primary N) is 2. The first-order chi connectivity index (χ1) is 9.74. The van der Waals surface area contributed by atoms with Crippen molar-refractivity contribution in [3.8, 4) is 0 Å². The van der Waals surface area contributed by atoms with Crippen LogP contribution in [0.5, 0.6) is 0 Å². The van der Waals surface area contributed by atoms with Crippen molar-refractivity contribution in [1.29, 1.82) is 0 Å². The van der Waals surface area contributed by atoms with E-state index in [1.807, 2.05) is 24.3 Å². The Balaban J connectivity index is 1.97. The lowest BCUT2D eigenvalue weighted by Crippen LogP contribution is -2.10. The number of benzene rings is 3. The average molecular weight is 262 g/mol. The van der Waals surface area contributed by atoms with Gasteiger partial charge in [-0.05, 0) is 23.6 Å². The van der Waals surface area contributed by atoms with Gasteiger partial charge < -0.3 is 22.1 Å².